The number of hydrogen-bond donors (Lipinski definition) is 3. The van der Waals surface area contributed by atoms with E-state index in [4.69, 9.17) is 0 Å². The lowest BCUT2D eigenvalue weighted by atomic mass is 10.0. The Balaban J connectivity index is 3.73. The van der Waals surface area contributed by atoms with Gasteiger partial charge in [-0.1, -0.05) is 177 Å². The number of carbonyl (C=O) groups excluding carboxylic acids is 1. The van der Waals surface area contributed by atoms with Crippen LogP contribution < -0.4 is 5.32 Å². The van der Waals surface area contributed by atoms with Gasteiger partial charge in [-0.15, -0.1) is 0 Å². The van der Waals surface area contributed by atoms with Gasteiger partial charge < -0.3 is 15.5 Å². The Morgan fingerprint density at radius 2 is 0.930 bits per heavy atom. The Morgan fingerprint density at radius 1 is 0.558 bits per heavy atom. The third-order valence-electron chi connectivity index (χ3n) is 7.82. The monoisotopic (exact) mass is 600 g/mol. The van der Waals surface area contributed by atoms with Gasteiger partial charge in [0.05, 0.1) is 18.8 Å². The highest BCUT2D eigenvalue weighted by Crippen LogP contribution is 2.15. The first-order valence-electron chi connectivity index (χ1n) is 18.0. The molecule has 0 saturated heterocycles. The fourth-order valence-corrected chi connectivity index (χ4v) is 5.07. The van der Waals surface area contributed by atoms with E-state index in [1.54, 1.807) is 0 Å². The molecule has 0 aliphatic rings. The van der Waals surface area contributed by atoms with Crippen LogP contribution in [0.4, 0.5) is 0 Å². The van der Waals surface area contributed by atoms with Gasteiger partial charge in [0.2, 0.25) is 5.91 Å². The van der Waals surface area contributed by atoms with Crippen molar-refractivity contribution in [1.82, 2.24) is 5.32 Å². The molecule has 0 aliphatic carbocycles. The van der Waals surface area contributed by atoms with Gasteiger partial charge in [0.25, 0.3) is 0 Å². The minimum absolute atomic E-state index is 0.161. The zero-order chi connectivity index (χ0) is 31.5. The number of aliphatic hydroxyl groups is 2. The van der Waals surface area contributed by atoms with Crippen molar-refractivity contribution >= 4 is 5.91 Å². The van der Waals surface area contributed by atoms with Crippen LogP contribution in [0.2, 0.25) is 0 Å². The predicted molar refractivity (Wildman–Crippen MR) is 188 cm³/mol. The second kappa shape index (κ2) is 34.6. The Bertz CT molecular complexity index is 737. The summed E-state index contributed by atoms with van der Waals surface area (Å²) in [7, 11) is 0. The van der Waals surface area contributed by atoms with E-state index >= 15 is 0 Å². The standard InChI is InChI=1S/C39H69NO3/c1-3-5-7-9-11-13-15-17-19-21-22-24-26-28-30-32-34-38(42)37(36-41)40-39(43)35-33-31-29-27-25-23-20-18-16-14-12-10-8-6-4-2/h6,8,12,14,18,20,25,27,31,33,37-38,41-42H,3-5,7,9-11,13,15-17,19,21-24,26,28-30,32,34-36H2,1-2H3,(H,40,43)/b8-6-,14-12-,20-18-,27-25-,33-31-. The van der Waals surface area contributed by atoms with E-state index in [0.29, 0.717) is 6.42 Å². The highest BCUT2D eigenvalue weighted by atomic mass is 16.3. The number of nitrogens with one attached hydrogen (secondary N) is 1. The molecule has 0 aliphatic heterocycles. The lowest BCUT2D eigenvalue weighted by Crippen LogP contribution is -2.45. The van der Waals surface area contributed by atoms with Gasteiger partial charge >= 0.3 is 0 Å². The molecule has 0 bridgehead atoms. The molecule has 0 spiro atoms. The Morgan fingerprint density at radius 3 is 1.33 bits per heavy atom. The summed E-state index contributed by atoms with van der Waals surface area (Å²) < 4.78 is 0. The van der Waals surface area contributed by atoms with E-state index in [2.05, 4.69) is 67.8 Å². The van der Waals surface area contributed by atoms with Crippen LogP contribution in [-0.4, -0.2) is 34.9 Å². The number of rotatable bonds is 31. The van der Waals surface area contributed by atoms with Crippen molar-refractivity contribution < 1.29 is 15.0 Å². The average molecular weight is 600 g/mol. The van der Waals surface area contributed by atoms with Gasteiger partial charge in [-0.3, -0.25) is 4.79 Å². The van der Waals surface area contributed by atoms with Crippen molar-refractivity contribution in [3.05, 3.63) is 60.8 Å². The van der Waals surface area contributed by atoms with Crippen molar-refractivity contribution in [2.24, 2.45) is 0 Å². The normalized spacial score (nSPS) is 13.9. The molecule has 0 radical (unpaired) electrons. The first-order chi connectivity index (χ1) is 21.2. The molecule has 2 atom stereocenters. The predicted octanol–water partition coefficient (Wildman–Crippen LogP) is 10.6. The molecule has 43 heavy (non-hydrogen) atoms. The maximum atomic E-state index is 12.3. The molecule has 0 aromatic heterocycles. The van der Waals surface area contributed by atoms with Crippen LogP contribution in [-0.2, 0) is 4.79 Å². The van der Waals surface area contributed by atoms with Crippen LogP contribution in [0.15, 0.2) is 60.8 Å². The molecule has 0 fully saturated rings. The molecule has 0 rings (SSSR count). The molecule has 4 heteroatoms. The first kappa shape index (κ1) is 41.1. The zero-order valence-corrected chi connectivity index (χ0v) is 28.2. The molecular formula is C39H69NO3. The molecule has 248 valence electrons. The smallest absolute Gasteiger partial charge is 0.224 e. The fraction of sp³-hybridized carbons (Fsp3) is 0.718. The van der Waals surface area contributed by atoms with Crippen molar-refractivity contribution in [3.63, 3.8) is 0 Å². The van der Waals surface area contributed by atoms with Crippen LogP contribution in [0.3, 0.4) is 0 Å². The van der Waals surface area contributed by atoms with Gasteiger partial charge in [-0.2, -0.15) is 0 Å². The molecule has 0 saturated carbocycles. The van der Waals surface area contributed by atoms with Gasteiger partial charge in [-0.05, 0) is 38.5 Å². The minimum atomic E-state index is -0.700. The Labute approximate surface area is 266 Å². The average Bonchev–Trinajstić information content (AvgIpc) is 3.01. The largest absolute Gasteiger partial charge is 0.394 e. The van der Waals surface area contributed by atoms with Crippen molar-refractivity contribution in [2.75, 3.05) is 6.61 Å². The maximum absolute atomic E-state index is 12.3. The lowest BCUT2D eigenvalue weighted by molar-refractivity contribution is -0.122. The lowest BCUT2D eigenvalue weighted by Gasteiger charge is -2.22. The highest BCUT2D eigenvalue weighted by molar-refractivity contribution is 5.77. The highest BCUT2D eigenvalue weighted by Gasteiger charge is 2.19. The number of allylic oxidation sites excluding steroid dienone is 9. The molecule has 0 aromatic carbocycles. The number of unbranched alkanes of at least 4 members (excludes halogenated alkanes) is 15. The fourth-order valence-electron chi connectivity index (χ4n) is 5.07. The van der Waals surface area contributed by atoms with Gasteiger partial charge in [0.1, 0.15) is 0 Å². The van der Waals surface area contributed by atoms with E-state index in [1.807, 2.05) is 12.2 Å². The second-order valence-corrected chi connectivity index (χ2v) is 11.9. The topological polar surface area (TPSA) is 69.6 Å². The SMILES string of the molecule is CC/C=C\C/C=C\C/C=C\C/C=C\C/C=C\CC(=O)NC(CO)C(O)CCCCCCCCCCCCCCCCCC. The number of amides is 1. The zero-order valence-electron chi connectivity index (χ0n) is 28.2. The van der Waals surface area contributed by atoms with E-state index in [9.17, 15) is 15.0 Å². The Hall–Kier alpha value is -1.91. The number of hydrogen-bond acceptors (Lipinski definition) is 3. The summed E-state index contributed by atoms with van der Waals surface area (Å²) in [4.78, 5) is 12.3. The van der Waals surface area contributed by atoms with Gasteiger partial charge in [0, 0.05) is 6.42 Å². The van der Waals surface area contributed by atoms with Crippen LogP contribution >= 0.6 is 0 Å². The Kier molecular flexibility index (Phi) is 33.0. The third kappa shape index (κ3) is 31.3. The summed E-state index contributed by atoms with van der Waals surface area (Å²) in [5.74, 6) is -0.161. The number of aliphatic hydroxyl groups excluding tert-OH is 2. The number of carbonyl (C=O) groups is 1. The molecule has 0 aromatic rings. The summed E-state index contributed by atoms with van der Waals surface area (Å²) in [5.41, 5.74) is 0. The first-order valence-corrected chi connectivity index (χ1v) is 18.0. The summed E-state index contributed by atoms with van der Waals surface area (Å²) in [6, 6.07) is -0.591. The second-order valence-electron chi connectivity index (χ2n) is 11.9. The van der Waals surface area contributed by atoms with Crippen LogP contribution in [0.5, 0.6) is 0 Å². The van der Waals surface area contributed by atoms with E-state index in [0.717, 1.165) is 44.9 Å². The van der Waals surface area contributed by atoms with E-state index in [1.165, 1.54) is 89.9 Å². The van der Waals surface area contributed by atoms with E-state index < -0.39 is 12.1 Å². The molecule has 3 N–H and O–H groups in total. The summed E-state index contributed by atoms with van der Waals surface area (Å²) in [6.45, 7) is 4.18. The molecule has 1 amide bonds. The van der Waals surface area contributed by atoms with Crippen LogP contribution in [0, 0.1) is 0 Å². The van der Waals surface area contributed by atoms with E-state index in [-0.39, 0.29) is 18.9 Å². The molecular weight excluding hydrogens is 530 g/mol. The molecule has 2 unspecified atom stereocenters. The van der Waals surface area contributed by atoms with Crippen molar-refractivity contribution in [1.29, 1.82) is 0 Å². The van der Waals surface area contributed by atoms with Crippen molar-refractivity contribution in [3.8, 4) is 0 Å². The van der Waals surface area contributed by atoms with Gasteiger partial charge in [0.15, 0.2) is 0 Å². The summed E-state index contributed by atoms with van der Waals surface area (Å²) in [6.07, 6.45) is 47.2. The molecule has 0 heterocycles. The third-order valence-corrected chi connectivity index (χ3v) is 7.82. The van der Waals surface area contributed by atoms with Crippen LogP contribution in [0.25, 0.3) is 0 Å². The minimum Gasteiger partial charge on any atom is -0.394 e. The summed E-state index contributed by atoms with van der Waals surface area (Å²) in [5, 5.41) is 22.9. The quantitative estimate of drug-likeness (QED) is 0.0548. The maximum Gasteiger partial charge on any atom is 0.224 e. The molecule has 4 nitrogen and oxygen atoms in total. The van der Waals surface area contributed by atoms with Crippen LogP contribution in [0.1, 0.15) is 162 Å². The van der Waals surface area contributed by atoms with Crippen molar-refractivity contribution in [2.45, 2.75) is 174 Å². The summed E-state index contributed by atoms with van der Waals surface area (Å²) >= 11 is 0. The van der Waals surface area contributed by atoms with Gasteiger partial charge in [-0.25, -0.2) is 0 Å².